The Morgan fingerprint density at radius 3 is 2.38 bits per heavy atom. The van der Waals surface area contributed by atoms with Crippen LogP contribution in [0.1, 0.15) is 25.0 Å². The maximum Gasteiger partial charge on any atom is 0.317 e. The quantitative estimate of drug-likeness (QED) is 0.925. The molecule has 1 saturated heterocycles. The van der Waals surface area contributed by atoms with Crippen molar-refractivity contribution in [3.05, 3.63) is 35.4 Å². The van der Waals surface area contributed by atoms with Crippen LogP contribution in [0.5, 0.6) is 0 Å². The van der Waals surface area contributed by atoms with Crippen LogP contribution in [0.15, 0.2) is 24.3 Å². The Hall–Kier alpha value is -1.59. The zero-order valence-electron chi connectivity index (χ0n) is 13.0. The Morgan fingerprint density at radius 2 is 1.81 bits per heavy atom. The lowest BCUT2D eigenvalue weighted by Crippen LogP contribution is -2.51. The first-order chi connectivity index (χ1) is 10.1. The summed E-state index contributed by atoms with van der Waals surface area (Å²) in [5, 5.41) is 2.96. The van der Waals surface area contributed by atoms with E-state index in [0.29, 0.717) is 26.2 Å². The van der Waals surface area contributed by atoms with Crippen LogP contribution in [0.4, 0.5) is 4.79 Å². The van der Waals surface area contributed by atoms with Crippen molar-refractivity contribution in [1.29, 1.82) is 0 Å². The first-order valence-corrected chi connectivity index (χ1v) is 7.33. The van der Waals surface area contributed by atoms with Gasteiger partial charge in [0.15, 0.2) is 0 Å². The third-order valence-corrected chi connectivity index (χ3v) is 3.48. The maximum absolute atomic E-state index is 12.2. The molecule has 0 unspecified atom stereocenters. The SMILES string of the molecule is COCc1ccc(CNC(=O)N2C[C@@H](C)O[C@@H](C)C2)cc1. The third-order valence-electron chi connectivity index (χ3n) is 3.48. The summed E-state index contributed by atoms with van der Waals surface area (Å²) < 4.78 is 10.7. The highest BCUT2D eigenvalue weighted by Gasteiger charge is 2.25. The van der Waals surface area contributed by atoms with E-state index in [-0.39, 0.29) is 18.2 Å². The average Bonchev–Trinajstić information content (AvgIpc) is 2.45. The predicted molar refractivity (Wildman–Crippen MR) is 81.0 cm³/mol. The molecule has 1 heterocycles. The summed E-state index contributed by atoms with van der Waals surface area (Å²) in [5.74, 6) is 0. The number of hydrogen-bond donors (Lipinski definition) is 1. The molecule has 2 atom stereocenters. The summed E-state index contributed by atoms with van der Waals surface area (Å²) in [5.41, 5.74) is 2.21. The van der Waals surface area contributed by atoms with Crippen molar-refractivity contribution >= 4 is 6.03 Å². The Labute approximate surface area is 126 Å². The number of nitrogens with zero attached hydrogens (tertiary/aromatic N) is 1. The van der Waals surface area contributed by atoms with E-state index in [0.717, 1.165) is 11.1 Å². The molecule has 1 aliphatic heterocycles. The molecule has 116 valence electrons. The normalized spacial score (nSPS) is 22.1. The number of carbonyl (C=O) groups excluding carboxylic acids is 1. The average molecular weight is 292 g/mol. The van der Waals surface area contributed by atoms with Crippen LogP contribution >= 0.6 is 0 Å². The van der Waals surface area contributed by atoms with Crippen molar-refractivity contribution in [3.8, 4) is 0 Å². The summed E-state index contributed by atoms with van der Waals surface area (Å²) in [6.07, 6.45) is 0.181. The Bertz CT molecular complexity index is 451. The van der Waals surface area contributed by atoms with Gasteiger partial charge in [-0.2, -0.15) is 0 Å². The molecular formula is C16H24N2O3. The van der Waals surface area contributed by atoms with E-state index < -0.39 is 0 Å². The Kier molecular flexibility index (Phi) is 5.59. The molecule has 0 bridgehead atoms. The highest BCUT2D eigenvalue weighted by atomic mass is 16.5. The lowest BCUT2D eigenvalue weighted by atomic mass is 10.1. The van der Waals surface area contributed by atoms with Crippen LogP contribution in [0, 0.1) is 0 Å². The van der Waals surface area contributed by atoms with Gasteiger partial charge in [-0.3, -0.25) is 0 Å². The van der Waals surface area contributed by atoms with Crippen molar-refractivity contribution in [1.82, 2.24) is 10.2 Å². The summed E-state index contributed by atoms with van der Waals surface area (Å²) in [6.45, 7) is 6.41. The fraction of sp³-hybridized carbons (Fsp3) is 0.562. The number of amides is 2. The largest absolute Gasteiger partial charge is 0.380 e. The monoisotopic (exact) mass is 292 g/mol. The van der Waals surface area contributed by atoms with Gasteiger partial charge in [-0.1, -0.05) is 24.3 Å². The molecule has 1 fully saturated rings. The van der Waals surface area contributed by atoms with Gasteiger partial charge in [-0.05, 0) is 25.0 Å². The van der Waals surface area contributed by atoms with E-state index in [1.54, 1.807) is 7.11 Å². The van der Waals surface area contributed by atoms with Gasteiger partial charge in [0.25, 0.3) is 0 Å². The highest BCUT2D eigenvalue weighted by Crippen LogP contribution is 2.11. The number of hydrogen-bond acceptors (Lipinski definition) is 3. The molecule has 2 amide bonds. The highest BCUT2D eigenvalue weighted by molar-refractivity contribution is 5.74. The number of urea groups is 1. The zero-order chi connectivity index (χ0) is 15.2. The van der Waals surface area contributed by atoms with Crippen LogP contribution < -0.4 is 5.32 Å². The minimum absolute atomic E-state index is 0.0297. The molecule has 5 heteroatoms. The third kappa shape index (κ3) is 4.72. The molecule has 0 aromatic heterocycles. The Balaban J connectivity index is 1.83. The fourth-order valence-electron chi connectivity index (χ4n) is 2.55. The second kappa shape index (κ2) is 7.43. The molecule has 2 rings (SSSR count). The molecule has 1 N–H and O–H groups in total. The fourth-order valence-corrected chi connectivity index (χ4v) is 2.55. The summed E-state index contributed by atoms with van der Waals surface area (Å²) in [6, 6.07) is 8.03. The Morgan fingerprint density at radius 1 is 1.24 bits per heavy atom. The molecule has 5 nitrogen and oxygen atoms in total. The van der Waals surface area contributed by atoms with Gasteiger partial charge in [0.2, 0.25) is 0 Å². The minimum atomic E-state index is -0.0297. The van der Waals surface area contributed by atoms with Crippen molar-refractivity contribution < 1.29 is 14.3 Å². The van der Waals surface area contributed by atoms with Crippen molar-refractivity contribution in [2.45, 2.75) is 39.2 Å². The summed E-state index contributed by atoms with van der Waals surface area (Å²) in [4.78, 5) is 14.0. The van der Waals surface area contributed by atoms with Gasteiger partial charge < -0.3 is 19.7 Å². The van der Waals surface area contributed by atoms with E-state index in [4.69, 9.17) is 9.47 Å². The molecule has 21 heavy (non-hydrogen) atoms. The number of ether oxygens (including phenoxy) is 2. The molecular weight excluding hydrogens is 268 g/mol. The molecule has 0 aliphatic carbocycles. The van der Waals surface area contributed by atoms with Crippen LogP contribution in [0.2, 0.25) is 0 Å². The first kappa shape index (κ1) is 15.8. The van der Waals surface area contributed by atoms with E-state index >= 15 is 0 Å². The molecule has 0 radical (unpaired) electrons. The second-order valence-electron chi connectivity index (χ2n) is 5.57. The van der Waals surface area contributed by atoms with Gasteiger partial charge in [0, 0.05) is 26.7 Å². The van der Waals surface area contributed by atoms with Crippen molar-refractivity contribution in [2.24, 2.45) is 0 Å². The number of carbonyl (C=O) groups is 1. The summed E-state index contributed by atoms with van der Waals surface area (Å²) >= 11 is 0. The molecule has 0 spiro atoms. The van der Waals surface area contributed by atoms with Gasteiger partial charge >= 0.3 is 6.03 Å². The predicted octanol–water partition coefficient (Wildman–Crippen LogP) is 2.15. The smallest absolute Gasteiger partial charge is 0.317 e. The number of nitrogens with one attached hydrogen (secondary N) is 1. The van der Waals surface area contributed by atoms with E-state index in [9.17, 15) is 4.79 Å². The molecule has 0 saturated carbocycles. The topological polar surface area (TPSA) is 50.8 Å². The number of morpholine rings is 1. The lowest BCUT2D eigenvalue weighted by Gasteiger charge is -2.35. The van der Waals surface area contributed by atoms with Gasteiger partial charge in [0.05, 0.1) is 18.8 Å². The van der Waals surface area contributed by atoms with E-state index in [1.165, 1.54) is 0 Å². The number of rotatable bonds is 4. The minimum Gasteiger partial charge on any atom is -0.380 e. The molecule has 1 aromatic rings. The van der Waals surface area contributed by atoms with E-state index in [2.05, 4.69) is 5.32 Å². The van der Waals surface area contributed by atoms with Crippen molar-refractivity contribution in [2.75, 3.05) is 20.2 Å². The van der Waals surface area contributed by atoms with Crippen LogP contribution in [0.3, 0.4) is 0 Å². The van der Waals surface area contributed by atoms with Crippen LogP contribution in [-0.4, -0.2) is 43.3 Å². The molecule has 1 aliphatic rings. The van der Waals surface area contributed by atoms with Gasteiger partial charge in [0.1, 0.15) is 0 Å². The standard InChI is InChI=1S/C16H24N2O3/c1-12-9-18(10-13(2)21-12)16(19)17-8-14-4-6-15(7-5-14)11-20-3/h4-7,12-13H,8-11H2,1-3H3,(H,17,19)/t12-,13+. The van der Waals surface area contributed by atoms with Crippen LogP contribution in [-0.2, 0) is 22.6 Å². The number of methoxy groups -OCH3 is 1. The van der Waals surface area contributed by atoms with E-state index in [1.807, 2.05) is 43.0 Å². The first-order valence-electron chi connectivity index (χ1n) is 7.33. The second-order valence-corrected chi connectivity index (χ2v) is 5.57. The van der Waals surface area contributed by atoms with Gasteiger partial charge in [-0.25, -0.2) is 4.79 Å². The summed E-state index contributed by atoms with van der Waals surface area (Å²) in [7, 11) is 1.68. The number of benzene rings is 1. The lowest BCUT2D eigenvalue weighted by molar-refractivity contribution is -0.0545. The van der Waals surface area contributed by atoms with Crippen LogP contribution in [0.25, 0.3) is 0 Å². The maximum atomic E-state index is 12.2. The zero-order valence-corrected chi connectivity index (χ0v) is 13.0. The van der Waals surface area contributed by atoms with Gasteiger partial charge in [-0.15, -0.1) is 0 Å². The molecule has 1 aromatic carbocycles. The van der Waals surface area contributed by atoms with Crippen molar-refractivity contribution in [3.63, 3.8) is 0 Å².